The lowest BCUT2D eigenvalue weighted by Gasteiger charge is -2.20. The number of hydrogen-bond donors (Lipinski definition) is 3. The number of aliphatic hydroxyl groups is 1. The Labute approximate surface area is 106 Å². The van der Waals surface area contributed by atoms with Crippen molar-refractivity contribution in [1.29, 1.82) is 0 Å². The van der Waals surface area contributed by atoms with E-state index in [1.165, 1.54) is 0 Å². The zero-order chi connectivity index (χ0) is 13.1. The molecule has 2 aliphatic rings. The average Bonchev–Trinajstić information content (AvgIpc) is 2.96. The van der Waals surface area contributed by atoms with Gasteiger partial charge in [0, 0.05) is 31.7 Å². The molecule has 2 rings (SSSR count). The number of nitrogens with zero attached hydrogens (tertiary/aromatic N) is 1. The number of aliphatic carboxylic acids is 1. The molecule has 2 fully saturated rings. The van der Waals surface area contributed by atoms with Crippen LogP contribution in [-0.4, -0.2) is 52.9 Å². The monoisotopic (exact) mass is 256 g/mol. The summed E-state index contributed by atoms with van der Waals surface area (Å²) >= 11 is 0. The van der Waals surface area contributed by atoms with Crippen molar-refractivity contribution < 1.29 is 19.8 Å². The number of amides is 2. The predicted octanol–water partition coefficient (Wildman–Crippen LogP) is 0.263. The van der Waals surface area contributed by atoms with Crippen LogP contribution >= 0.6 is 0 Å². The van der Waals surface area contributed by atoms with Gasteiger partial charge in [0.25, 0.3) is 0 Å². The highest BCUT2D eigenvalue weighted by atomic mass is 16.4. The van der Waals surface area contributed by atoms with Crippen molar-refractivity contribution in [2.45, 2.75) is 31.7 Å². The zero-order valence-electron chi connectivity index (χ0n) is 10.3. The van der Waals surface area contributed by atoms with Crippen LogP contribution in [0, 0.1) is 11.8 Å². The Bertz CT molecular complexity index is 334. The smallest absolute Gasteiger partial charge is 0.317 e. The van der Waals surface area contributed by atoms with Crippen molar-refractivity contribution in [3.63, 3.8) is 0 Å². The standard InChI is InChI=1S/C12H20N2O4/c15-7-8-3-4-14(6-8)12(18)13-10-2-1-9(5-10)11(16)17/h8-10,15H,1-7H2,(H,13,18)(H,16,17). The maximum atomic E-state index is 11.9. The summed E-state index contributed by atoms with van der Waals surface area (Å²) in [5, 5.41) is 20.8. The van der Waals surface area contributed by atoms with Gasteiger partial charge in [-0.25, -0.2) is 4.79 Å². The van der Waals surface area contributed by atoms with Gasteiger partial charge < -0.3 is 20.4 Å². The van der Waals surface area contributed by atoms with Gasteiger partial charge in [0.15, 0.2) is 0 Å². The van der Waals surface area contributed by atoms with Crippen LogP contribution in [0.1, 0.15) is 25.7 Å². The molecule has 18 heavy (non-hydrogen) atoms. The lowest BCUT2D eigenvalue weighted by atomic mass is 10.1. The first kappa shape index (κ1) is 13.1. The van der Waals surface area contributed by atoms with E-state index in [1.54, 1.807) is 4.90 Å². The highest BCUT2D eigenvalue weighted by Crippen LogP contribution is 2.26. The summed E-state index contributed by atoms with van der Waals surface area (Å²) in [5.74, 6) is -0.904. The van der Waals surface area contributed by atoms with Crippen LogP contribution < -0.4 is 5.32 Å². The molecule has 0 radical (unpaired) electrons. The molecule has 1 saturated heterocycles. The quantitative estimate of drug-likeness (QED) is 0.676. The number of likely N-dealkylation sites (tertiary alicyclic amines) is 1. The minimum absolute atomic E-state index is 0.0215. The molecule has 3 N–H and O–H groups in total. The van der Waals surface area contributed by atoms with E-state index < -0.39 is 5.97 Å². The van der Waals surface area contributed by atoms with Crippen LogP contribution in [0.15, 0.2) is 0 Å². The number of carboxylic acid groups (broad SMARTS) is 1. The Balaban J connectivity index is 1.77. The van der Waals surface area contributed by atoms with E-state index in [4.69, 9.17) is 10.2 Å². The molecule has 1 saturated carbocycles. The van der Waals surface area contributed by atoms with E-state index in [1.807, 2.05) is 0 Å². The molecule has 3 atom stereocenters. The van der Waals surface area contributed by atoms with Crippen LogP contribution in [0.25, 0.3) is 0 Å². The van der Waals surface area contributed by atoms with Gasteiger partial charge >= 0.3 is 12.0 Å². The van der Waals surface area contributed by atoms with E-state index in [2.05, 4.69) is 5.32 Å². The Morgan fingerprint density at radius 3 is 2.61 bits per heavy atom. The summed E-state index contributed by atoms with van der Waals surface area (Å²) in [7, 11) is 0. The second-order valence-corrected chi connectivity index (χ2v) is 5.28. The van der Waals surface area contributed by atoms with Crippen molar-refractivity contribution in [3.8, 4) is 0 Å². The highest BCUT2D eigenvalue weighted by molar-refractivity contribution is 5.75. The number of urea groups is 1. The molecule has 1 heterocycles. The summed E-state index contributed by atoms with van der Waals surface area (Å²) in [6.45, 7) is 1.39. The average molecular weight is 256 g/mol. The predicted molar refractivity (Wildman–Crippen MR) is 64.1 cm³/mol. The Hall–Kier alpha value is -1.30. The van der Waals surface area contributed by atoms with Crippen molar-refractivity contribution in [1.82, 2.24) is 10.2 Å². The molecule has 0 bridgehead atoms. The minimum atomic E-state index is -0.770. The maximum absolute atomic E-state index is 11.9. The van der Waals surface area contributed by atoms with Crippen molar-refractivity contribution >= 4 is 12.0 Å². The molecule has 2 amide bonds. The van der Waals surface area contributed by atoms with E-state index in [0.717, 1.165) is 12.8 Å². The van der Waals surface area contributed by atoms with Gasteiger partial charge in [-0.1, -0.05) is 0 Å². The van der Waals surface area contributed by atoms with E-state index >= 15 is 0 Å². The van der Waals surface area contributed by atoms with Gasteiger partial charge in [-0.05, 0) is 25.7 Å². The van der Waals surface area contributed by atoms with Gasteiger partial charge in [0.05, 0.1) is 5.92 Å². The molecule has 6 nitrogen and oxygen atoms in total. The van der Waals surface area contributed by atoms with E-state index in [-0.39, 0.29) is 30.5 Å². The molecule has 3 unspecified atom stereocenters. The molecule has 6 heteroatoms. The number of carbonyl (C=O) groups excluding carboxylic acids is 1. The van der Waals surface area contributed by atoms with E-state index in [0.29, 0.717) is 25.9 Å². The van der Waals surface area contributed by atoms with Crippen molar-refractivity contribution in [3.05, 3.63) is 0 Å². The normalized spacial score (nSPS) is 31.6. The van der Waals surface area contributed by atoms with Crippen LogP contribution in [0.2, 0.25) is 0 Å². The molecule has 0 aromatic heterocycles. The SMILES string of the molecule is O=C(O)C1CCC(NC(=O)N2CCC(CO)C2)C1. The Kier molecular flexibility index (Phi) is 4.06. The van der Waals surface area contributed by atoms with Gasteiger partial charge in [0.2, 0.25) is 0 Å². The topological polar surface area (TPSA) is 89.9 Å². The number of aliphatic hydroxyl groups excluding tert-OH is 1. The lowest BCUT2D eigenvalue weighted by molar-refractivity contribution is -0.141. The second kappa shape index (κ2) is 5.56. The Morgan fingerprint density at radius 1 is 1.28 bits per heavy atom. The minimum Gasteiger partial charge on any atom is -0.481 e. The molecule has 0 spiro atoms. The molecule has 1 aliphatic heterocycles. The third-order valence-corrected chi connectivity index (χ3v) is 3.94. The number of rotatable bonds is 3. The number of nitrogens with one attached hydrogen (secondary N) is 1. The number of carbonyl (C=O) groups is 2. The van der Waals surface area contributed by atoms with Gasteiger partial charge in [-0.3, -0.25) is 4.79 Å². The zero-order valence-corrected chi connectivity index (χ0v) is 10.3. The van der Waals surface area contributed by atoms with Crippen molar-refractivity contribution in [2.75, 3.05) is 19.7 Å². The summed E-state index contributed by atoms with van der Waals surface area (Å²) in [4.78, 5) is 24.4. The number of hydrogen-bond acceptors (Lipinski definition) is 3. The van der Waals surface area contributed by atoms with Crippen LogP contribution in [0.5, 0.6) is 0 Å². The molecular formula is C12H20N2O4. The number of carboxylic acids is 1. The maximum Gasteiger partial charge on any atom is 0.317 e. The van der Waals surface area contributed by atoms with Crippen LogP contribution in [0.3, 0.4) is 0 Å². The van der Waals surface area contributed by atoms with Crippen LogP contribution in [-0.2, 0) is 4.79 Å². The summed E-state index contributed by atoms with van der Waals surface area (Å²) in [5.41, 5.74) is 0. The summed E-state index contributed by atoms with van der Waals surface area (Å²) in [6, 6.07) is -0.145. The molecular weight excluding hydrogens is 236 g/mol. The second-order valence-electron chi connectivity index (χ2n) is 5.28. The molecule has 0 aromatic rings. The van der Waals surface area contributed by atoms with Crippen molar-refractivity contribution in [2.24, 2.45) is 11.8 Å². The third-order valence-electron chi connectivity index (χ3n) is 3.94. The molecule has 0 aromatic carbocycles. The first-order chi connectivity index (χ1) is 8.60. The lowest BCUT2D eigenvalue weighted by Crippen LogP contribution is -2.43. The fraction of sp³-hybridized carbons (Fsp3) is 0.833. The highest BCUT2D eigenvalue weighted by Gasteiger charge is 2.32. The summed E-state index contributed by atoms with van der Waals surface area (Å²) < 4.78 is 0. The fourth-order valence-corrected chi connectivity index (χ4v) is 2.77. The summed E-state index contributed by atoms with van der Waals surface area (Å²) in [6.07, 6.45) is 2.74. The first-order valence-corrected chi connectivity index (χ1v) is 6.49. The Morgan fingerprint density at radius 2 is 2.06 bits per heavy atom. The van der Waals surface area contributed by atoms with E-state index in [9.17, 15) is 9.59 Å². The largest absolute Gasteiger partial charge is 0.481 e. The first-order valence-electron chi connectivity index (χ1n) is 6.49. The molecule has 102 valence electrons. The molecule has 1 aliphatic carbocycles. The fourth-order valence-electron chi connectivity index (χ4n) is 2.77. The van der Waals surface area contributed by atoms with Gasteiger partial charge in [-0.15, -0.1) is 0 Å². The van der Waals surface area contributed by atoms with Gasteiger partial charge in [0.1, 0.15) is 0 Å². The third kappa shape index (κ3) is 2.93. The van der Waals surface area contributed by atoms with Gasteiger partial charge in [-0.2, -0.15) is 0 Å². The van der Waals surface area contributed by atoms with Crippen LogP contribution in [0.4, 0.5) is 4.79 Å².